The first-order valence-corrected chi connectivity index (χ1v) is 11.5. The molecule has 3 rings (SSSR count). The molecule has 1 N–H and O–H groups in total. The minimum atomic E-state index is -0.218. The van der Waals surface area contributed by atoms with Crippen LogP contribution in [0.1, 0.15) is 19.4 Å². The summed E-state index contributed by atoms with van der Waals surface area (Å²) in [4.78, 5) is 12.6. The number of nitrogens with zero attached hydrogens (tertiary/aromatic N) is 3. The van der Waals surface area contributed by atoms with Gasteiger partial charge in [0.2, 0.25) is 5.91 Å². The predicted octanol–water partition coefficient (Wildman–Crippen LogP) is 5.96. The summed E-state index contributed by atoms with van der Waals surface area (Å²) < 4.78 is 7.27. The second-order valence-corrected chi connectivity index (χ2v) is 9.16. The molecule has 0 aliphatic heterocycles. The molecule has 0 saturated carbocycles. The van der Waals surface area contributed by atoms with Gasteiger partial charge >= 0.3 is 0 Å². The molecule has 0 radical (unpaired) electrons. The SMILES string of the molecule is COc1ccc(-c2nnc(SCC(=O)Nc3c(Cl)ccc(C)c3Cl)n2CC(C)C)cc1. The van der Waals surface area contributed by atoms with E-state index in [1.54, 1.807) is 13.2 Å². The molecule has 0 atom stereocenters. The lowest BCUT2D eigenvalue weighted by Crippen LogP contribution is -2.16. The third kappa shape index (κ3) is 5.73. The van der Waals surface area contributed by atoms with E-state index in [0.717, 1.165) is 29.2 Å². The highest BCUT2D eigenvalue weighted by Crippen LogP contribution is 2.33. The zero-order valence-corrected chi connectivity index (χ0v) is 20.1. The molecular weight excluding hydrogens is 455 g/mol. The van der Waals surface area contributed by atoms with Crippen LogP contribution in [0.25, 0.3) is 11.4 Å². The number of aromatic nitrogens is 3. The predicted molar refractivity (Wildman–Crippen MR) is 127 cm³/mol. The van der Waals surface area contributed by atoms with Gasteiger partial charge in [0.25, 0.3) is 0 Å². The van der Waals surface area contributed by atoms with Crippen LogP contribution in [-0.4, -0.2) is 33.5 Å². The Labute approximate surface area is 196 Å². The van der Waals surface area contributed by atoms with Gasteiger partial charge in [-0.2, -0.15) is 0 Å². The van der Waals surface area contributed by atoms with Crippen LogP contribution >= 0.6 is 35.0 Å². The number of carbonyl (C=O) groups is 1. The molecule has 1 heterocycles. The average Bonchev–Trinajstić information content (AvgIpc) is 3.14. The smallest absolute Gasteiger partial charge is 0.234 e. The fraction of sp³-hybridized carbons (Fsp3) is 0.318. The van der Waals surface area contributed by atoms with Crippen molar-refractivity contribution in [2.24, 2.45) is 5.92 Å². The first-order chi connectivity index (χ1) is 14.8. The lowest BCUT2D eigenvalue weighted by atomic mass is 10.2. The molecule has 0 bridgehead atoms. The normalized spacial score (nSPS) is 11.1. The van der Waals surface area contributed by atoms with Crippen LogP contribution in [0.5, 0.6) is 5.75 Å². The van der Waals surface area contributed by atoms with E-state index in [9.17, 15) is 4.79 Å². The number of thioether (sulfide) groups is 1. The van der Waals surface area contributed by atoms with Crippen LogP contribution in [0, 0.1) is 12.8 Å². The maximum absolute atomic E-state index is 12.6. The van der Waals surface area contributed by atoms with Crippen LogP contribution < -0.4 is 10.1 Å². The highest BCUT2D eigenvalue weighted by Gasteiger charge is 2.18. The van der Waals surface area contributed by atoms with Gasteiger partial charge in [-0.3, -0.25) is 4.79 Å². The lowest BCUT2D eigenvalue weighted by Gasteiger charge is -2.13. The second kappa shape index (κ2) is 10.4. The van der Waals surface area contributed by atoms with Gasteiger partial charge in [0, 0.05) is 12.1 Å². The molecule has 0 unspecified atom stereocenters. The van der Waals surface area contributed by atoms with E-state index in [-0.39, 0.29) is 11.7 Å². The quantitative estimate of drug-likeness (QED) is 0.404. The fourth-order valence-electron chi connectivity index (χ4n) is 2.96. The molecular formula is C22H24Cl2N4O2S. The fourth-order valence-corrected chi connectivity index (χ4v) is 4.17. The third-order valence-electron chi connectivity index (χ3n) is 4.49. The number of hydrogen-bond donors (Lipinski definition) is 1. The Morgan fingerprint density at radius 1 is 1.16 bits per heavy atom. The Morgan fingerprint density at radius 2 is 1.87 bits per heavy atom. The highest BCUT2D eigenvalue weighted by molar-refractivity contribution is 7.99. The van der Waals surface area contributed by atoms with Crippen LogP contribution in [-0.2, 0) is 11.3 Å². The van der Waals surface area contributed by atoms with E-state index in [1.165, 1.54) is 11.8 Å². The van der Waals surface area contributed by atoms with Crippen LogP contribution in [0.4, 0.5) is 5.69 Å². The van der Waals surface area contributed by atoms with Crippen molar-refractivity contribution in [3.05, 3.63) is 52.0 Å². The molecule has 3 aromatic rings. The maximum Gasteiger partial charge on any atom is 0.234 e. The average molecular weight is 479 g/mol. The molecule has 0 aliphatic rings. The number of hydrogen-bond acceptors (Lipinski definition) is 5. The number of rotatable bonds is 8. The summed E-state index contributed by atoms with van der Waals surface area (Å²) >= 11 is 13.8. The summed E-state index contributed by atoms with van der Waals surface area (Å²) in [5.41, 5.74) is 2.20. The largest absolute Gasteiger partial charge is 0.497 e. The molecule has 164 valence electrons. The molecule has 0 saturated heterocycles. The summed E-state index contributed by atoms with van der Waals surface area (Å²) in [7, 11) is 1.63. The number of halogens is 2. The number of ether oxygens (including phenoxy) is 1. The number of nitrogens with one attached hydrogen (secondary N) is 1. The van der Waals surface area contributed by atoms with E-state index in [4.69, 9.17) is 27.9 Å². The minimum absolute atomic E-state index is 0.152. The van der Waals surface area contributed by atoms with Gasteiger partial charge in [0.15, 0.2) is 11.0 Å². The van der Waals surface area contributed by atoms with Crippen molar-refractivity contribution in [1.82, 2.24) is 14.8 Å². The number of carbonyl (C=O) groups excluding carboxylic acids is 1. The van der Waals surface area contributed by atoms with Gasteiger partial charge in [-0.15, -0.1) is 10.2 Å². The van der Waals surface area contributed by atoms with Gasteiger partial charge in [-0.05, 0) is 48.7 Å². The van der Waals surface area contributed by atoms with Gasteiger partial charge < -0.3 is 14.6 Å². The van der Waals surface area contributed by atoms with Crippen LogP contribution in [0.15, 0.2) is 41.6 Å². The van der Waals surface area contributed by atoms with E-state index in [1.807, 2.05) is 41.8 Å². The zero-order valence-electron chi connectivity index (χ0n) is 17.8. The van der Waals surface area contributed by atoms with E-state index in [2.05, 4.69) is 29.4 Å². The number of benzene rings is 2. The van der Waals surface area contributed by atoms with E-state index in [0.29, 0.717) is 26.8 Å². The Bertz CT molecular complexity index is 1070. The Kier molecular flexibility index (Phi) is 7.86. The van der Waals surface area contributed by atoms with Crippen molar-refractivity contribution >= 4 is 46.6 Å². The van der Waals surface area contributed by atoms with E-state index >= 15 is 0 Å². The minimum Gasteiger partial charge on any atom is -0.497 e. The van der Waals surface area contributed by atoms with Gasteiger partial charge in [0.05, 0.1) is 28.6 Å². The lowest BCUT2D eigenvalue weighted by molar-refractivity contribution is -0.113. The summed E-state index contributed by atoms with van der Waals surface area (Å²) in [5.74, 6) is 1.84. The number of amides is 1. The first-order valence-electron chi connectivity index (χ1n) is 9.75. The summed E-state index contributed by atoms with van der Waals surface area (Å²) in [5, 5.41) is 13.0. The van der Waals surface area contributed by atoms with Gasteiger partial charge in [-0.25, -0.2) is 0 Å². The summed E-state index contributed by atoms with van der Waals surface area (Å²) in [6.45, 7) is 6.84. The molecule has 1 aromatic heterocycles. The van der Waals surface area contributed by atoms with Crippen molar-refractivity contribution in [2.45, 2.75) is 32.5 Å². The Hall–Kier alpha value is -2.22. The molecule has 0 spiro atoms. The maximum atomic E-state index is 12.6. The standard InChI is InChI=1S/C22H24Cl2N4O2S/c1-13(2)11-28-21(15-6-8-16(30-4)9-7-15)26-27-22(28)31-12-18(29)25-20-17(23)10-5-14(3)19(20)24/h5-10,13H,11-12H2,1-4H3,(H,25,29). The second-order valence-electron chi connectivity index (χ2n) is 7.43. The topological polar surface area (TPSA) is 69.0 Å². The zero-order chi connectivity index (χ0) is 22.5. The molecule has 1 amide bonds. The molecule has 0 aliphatic carbocycles. The number of methoxy groups -OCH3 is 1. The van der Waals surface area contributed by atoms with Crippen molar-refractivity contribution in [3.63, 3.8) is 0 Å². The molecule has 2 aromatic carbocycles. The third-order valence-corrected chi connectivity index (χ3v) is 6.26. The van der Waals surface area contributed by atoms with E-state index < -0.39 is 0 Å². The Morgan fingerprint density at radius 3 is 2.52 bits per heavy atom. The van der Waals surface area contributed by atoms with Crippen molar-refractivity contribution in [1.29, 1.82) is 0 Å². The molecule has 31 heavy (non-hydrogen) atoms. The van der Waals surface area contributed by atoms with Crippen molar-refractivity contribution in [3.8, 4) is 17.1 Å². The monoisotopic (exact) mass is 478 g/mol. The van der Waals surface area contributed by atoms with Crippen molar-refractivity contribution in [2.75, 3.05) is 18.2 Å². The van der Waals surface area contributed by atoms with Crippen LogP contribution in [0.2, 0.25) is 10.0 Å². The van der Waals surface area contributed by atoms with Gasteiger partial charge in [-0.1, -0.05) is 54.9 Å². The summed E-state index contributed by atoms with van der Waals surface area (Å²) in [6.07, 6.45) is 0. The number of aryl methyl sites for hydroxylation is 1. The molecule has 9 heteroatoms. The van der Waals surface area contributed by atoms with Crippen molar-refractivity contribution < 1.29 is 9.53 Å². The molecule has 6 nitrogen and oxygen atoms in total. The van der Waals surface area contributed by atoms with Crippen LogP contribution in [0.3, 0.4) is 0 Å². The number of anilines is 1. The first kappa shape index (κ1) is 23.4. The highest BCUT2D eigenvalue weighted by atomic mass is 35.5. The summed E-state index contributed by atoms with van der Waals surface area (Å²) in [6, 6.07) is 11.2. The van der Waals surface area contributed by atoms with Gasteiger partial charge in [0.1, 0.15) is 5.75 Å². The Balaban J connectivity index is 1.77. The molecule has 0 fully saturated rings.